The van der Waals surface area contributed by atoms with E-state index in [1.807, 2.05) is 19.1 Å². The van der Waals surface area contributed by atoms with Crippen LogP contribution in [0.2, 0.25) is 0 Å². The average Bonchev–Trinajstić information content (AvgIpc) is 3.58. The third kappa shape index (κ3) is 5.16. The number of aryl methyl sites for hydroxylation is 1. The number of benzene rings is 1. The number of unbranched alkanes of at least 4 members (excludes halogenated alkanes) is 3. The Bertz CT molecular complexity index is 1240. The second kappa shape index (κ2) is 11.2. The molecule has 0 fully saturated rings. The Morgan fingerprint density at radius 3 is 1.65 bits per heavy atom. The molecule has 0 saturated heterocycles. The highest BCUT2D eigenvalue weighted by molar-refractivity contribution is 7.27. The molecule has 4 aromatic rings. The molecule has 1 aromatic carbocycles. The predicted molar refractivity (Wildman–Crippen MR) is 138 cm³/mol. The molecular formula is C27H26F4S3. The van der Waals surface area contributed by atoms with Gasteiger partial charge in [-0.25, -0.2) is 17.6 Å². The molecule has 0 aliphatic carbocycles. The van der Waals surface area contributed by atoms with Crippen molar-refractivity contribution < 1.29 is 17.6 Å². The molecule has 7 heteroatoms. The number of thiophene rings is 3. The highest BCUT2D eigenvalue weighted by atomic mass is 32.1. The molecule has 0 N–H and O–H groups in total. The minimum atomic E-state index is -1.31. The maximum Gasteiger partial charge on any atom is 0.170 e. The summed E-state index contributed by atoms with van der Waals surface area (Å²) in [6.07, 6.45) is 5.28. The van der Waals surface area contributed by atoms with Crippen LogP contribution in [-0.2, 0) is 12.8 Å². The summed E-state index contributed by atoms with van der Waals surface area (Å²) in [4.78, 5) is 5.59. The normalized spacial score (nSPS) is 11.5. The second-order valence-electron chi connectivity index (χ2n) is 8.26. The molecule has 0 nitrogen and oxygen atoms in total. The van der Waals surface area contributed by atoms with Crippen molar-refractivity contribution in [2.75, 3.05) is 0 Å². The van der Waals surface area contributed by atoms with Crippen LogP contribution < -0.4 is 0 Å². The molecule has 0 aliphatic rings. The van der Waals surface area contributed by atoms with Gasteiger partial charge in [0, 0.05) is 34.8 Å². The van der Waals surface area contributed by atoms with Gasteiger partial charge in [-0.2, -0.15) is 0 Å². The minimum absolute atomic E-state index is 0.0118. The summed E-state index contributed by atoms with van der Waals surface area (Å²) >= 11 is 4.50. The molecule has 4 rings (SSSR count). The molecule has 34 heavy (non-hydrogen) atoms. The third-order valence-electron chi connectivity index (χ3n) is 5.74. The van der Waals surface area contributed by atoms with Crippen LogP contribution in [0.25, 0.3) is 29.9 Å². The molecule has 3 aromatic heterocycles. The van der Waals surface area contributed by atoms with E-state index < -0.39 is 34.4 Å². The van der Waals surface area contributed by atoms with E-state index in [4.69, 9.17) is 0 Å². The van der Waals surface area contributed by atoms with Gasteiger partial charge in [0.2, 0.25) is 0 Å². The van der Waals surface area contributed by atoms with Crippen molar-refractivity contribution >= 4 is 34.0 Å². The molecule has 0 atom stereocenters. The highest BCUT2D eigenvalue weighted by Gasteiger charge is 2.27. The van der Waals surface area contributed by atoms with Crippen LogP contribution in [0.4, 0.5) is 17.6 Å². The Hall–Kier alpha value is -1.96. The lowest BCUT2D eigenvalue weighted by molar-refractivity contribution is 0.440. The van der Waals surface area contributed by atoms with E-state index in [1.165, 1.54) is 15.8 Å². The molecule has 0 aliphatic heterocycles. The lowest BCUT2D eigenvalue weighted by Crippen LogP contribution is -2.06. The fourth-order valence-electron chi connectivity index (χ4n) is 3.94. The molecule has 0 spiro atoms. The van der Waals surface area contributed by atoms with Crippen molar-refractivity contribution in [3.63, 3.8) is 0 Å². The van der Waals surface area contributed by atoms with E-state index in [-0.39, 0.29) is 11.3 Å². The molecule has 0 radical (unpaired) electrons. The van der Waals surface area contributed by atoms with Crippen LogP contribution in [0.15, 0.2) is 36.4 Å². The van der Waals surface area contributed by atoms with Crippen molar-refractivity contribution in [1.29, 1.82) is 0 Å². The van der Waals surface area contributed by atoms with Gasteiger partial charge in [0.15, 0.2) is 23.3 Å². The van der Waals surface area contributed by atoms with Gasteiger partial charge in [0.05, 0.1) is 5.56 Å². The fourth-order valence-corrected chi connectivity index (χ4v) is 7.27. The summed E-state index contributed by atoms with van der Waals surface area (Å²) in [6, 6.07) is 11.6. The number of rotatable bonds is 10. The third-order valence-corrected chi connectivity index (χ3v) is 9.46. The van der Waals surface area contributed by atoms with Crippen LogP contribution in [0, 0.1) is 23.3 Å². The Kier molecular flexibility index (Phi) is 8.27. The van der Waals surface area contributed by atoms with E-state index in [0.29, 0.717) is 6.42 Å². The van der Waals surface area contributed by atoms with Gasteiger partial charge in [-0.3, -0.25) is 0 Å². The summed E-state index contributed by atoms with van der Waals surface area (Å²) in [7, 11) is 0. The number of hydrogen-bond donors (Lipinski definition) is 0. The topological polar surface area (TPSA) is 0 Å². The maximum atomic E-state index is 14.9. The lowest BCUT2D eigenvalue weighted by atomic mass is 10.0. The monoisotopic (exact) mass is 522 g/mol. The van der Waals surface area contributed by atoms with Gasteiger partial charge in [-0.05, 0) is 55.7 Å². The van der Waals surface area contributed by atoms with Gasteiger partial charge in [-0.15, -0.1) is 34.0 Å². The SMILES string of the molecule is CCCCCCc1c(F)c(F)c(-c2ccc(-c3ccc(-c4ccc(CCC)s4)s3)s2)c(F)c1F. The predicted octanol–water partition coefficient (Wildman–Crippen LogP) is 10.5. The average molecular weight is 523 g/mol. The van der Waals surface area contributed by atoms with Crippen LogP contribution in [0.3, 0.4) is 0 Å². The smallest absolute Gasteiger partial charge is 0.170 e. The summed E-state index contributed by atoms with van der Waals surface area (Å²) in [6.45, 7) is 4.18. The van der Waals surface area contributed by atoms with Crippen molar-refractivity contribution in [3.8, 4) is 29.9 Å². The van der Waals surface area contributed by atoms with Crippen LogP contribution >= 0.6 is 34.0 Å². The molecule has 0 bridgehead atoms. The largest absolute Gasteiger partial charge is 0.203 e. The van der Waals surface area contributed by atoms with E-state index in [2.05, 4.69) is 19.1 Å². The first-order valence-electron chi connectivity index (χ1n) is 11.6. The zero-order valence-electron chi connectivity index (χ0n) is 19.2. The van der Waals surface area contributed by atoms with Crippen molar-refractivity contribution in [1.82, 2.24) is 0 Å². The van der Waals surface area contributed by atoms with Gasteiger partial charge in [-0.1, -0.05) is 39.5 Å². The maximum absolute atomic E-state index is 14.9. The Morgan fingerprint density at radius 2 is 1.06 bits per heavy atom. The Labute approximate surface area is 209 Å². The van der Waals surface area contributed by atoms with E-state index in [9.17, 15) is 17.6 Å². The van der Waals surface area contributed by atoms with Gasteiger partial charge in [0.1, 0.15) is 0 Å². The lowest BCUT2D eigenvalue weighted by Gasteiger charge is -2.11. The quantitative estimate of drug-likeness (QED) is 0.110. The first kappa shape index (κ1) is 25.1. The fraction of sp³-hybridized carbons (Fsp3) is 0.333. The van der Waals surface area contributed by atoms with Gasteiger partial charge < -0.3 is 0 Å². The van der Waals surface area contributed by atoms with Crippen LogP contribution in [-0.4, -0.2) is 0 Å². The molecular weight excluding hydrogens is 496 g/mol. The zero-order valence-corrected chi connectivity index (χ0v) is 21.6. The molecule has 0 unspecified atom stereocenters. The molecule has 0 amide bonds. The van der Waals surface area contributed by atoms with E-state index >= 15 is 0 Å². The molecule has 0 saturated carbocycles. The summed E-state index contributed by atoms with van der Waals surface area (Å²) in [5.74, 6) is -5.18. The van der Waals surface area contributed by atoms with Crippen LogP contribution in [0.1, 0.15) is 56.4 Å². The first-order chi connectivity index (χ1) is 16.4. The first-order valence-corrected chi connectivity index (χ1v) is 14.0. The van der Waals surface area contributed by atoms with Crippen molar-refractivity contribution in [2.24, 2.45) is 0 Å². The summed E-state index contributed by atoms with van der Waals surface area (Å²) in [5.41, 5.74) is -1.12. The van der Waals surface area contributed by atoms with E-state index in [1.54, 1.807) is 28.7 Å². The summed E-state index contributed by atoms with van der Waals surface area (Å²) in [5, 5.41) is 0. The number of halogens is 4. The zero-order chi connectivity index (χ0) is 24.2. The van der Waals surface area contributed by atoms with Gasteiger partial charge >= 0.3 is 0 Å². The Morgan fingerprint density at radius 1 is 0.529 bits per heavy atom. The van der Waals surface area contributed by atoms with E-state index in [0.717, 1.165) is 58.1 Å². The van der Waals surface area contributed by atoms with Crippen molar-refractivity contribution in [3.05, 3.63) is 70.1 Å². The standard InChI is InChI=1S/C27H26F4S3/c1-3-5-6-7-9-17-24(28)26(30)23(27(31)25(17)29)22-15-14-21(34-22)20-13-12-19(33-20)18-11-10-16(32-18)8-4-2/h10-15H,3-9H2,1-2H3. The Balaban J connectivity index is 1.60. The highest BCUT2D eigenvalue weighted by Crippen LogP contribution is 2.43. The molecule has 3 heterocycles. The van der Waals surface area contributed by atoms with Crippen molar-refractivity contribution in [2.45, 2.75) is 58.8 Å². The van der Waals surface area contributed by atoms with Gasteiger partial charge in [0.25, 0.3) is 0 Å². The number of hydrogen-bond acceptors (Lipinski definition) is 3. The van der Waals surface area contributed by atoms with Crippen LogP contribution in [0.5, 0.6) is 0 Å². The molecule has 180 valence electrons. The minimum Gasteiger partial charge on any atom is -0.203 e. The summed E-state index contributed by atoms with van der Waals surface area (Å²) < 4.78 is 59.2. The second-order valence-corrected chi connectivity index (χ2v) is 11.6.